The highest BCUT2D eigenvalue weighted by atomic mass is 35.5. The number of carbonyl (C=O) groups excluding carboxylic acids is 1. The molecule has 1 fully saturated rings. The predicted molar refractivity (Wildman–Crippen MR) is 121 cm³/mol. The minimum atomic E-state index is -4.37. The van der Waals surface area contributed by atoms with Crippen LogP contribution >= 0.6 is 23.5 Å². The van der Waals surface area contributed by atoms with E-state index in [1.807, 2.05) is 45.0 Å². The van der Waals surface area contributed by atoms with E-state index in [2.05, 4.69) is 4.72 Å². The molecule has 32 heavy (non-hydrogen) atoms. The highest BCUT2D eigenvalue weighted by Crippen LogP contribution is 2.38. The molecule has 1 N–H and O–H groups in total. The van der Waals surface area contributed by atoms with Crippen molar-refractivity contribution >= 4 is 29.6 Å². The van der Waals surface area contributed by atoms with Crippen molar-refractivity contribution in [2.24, 2.45) is 0 Å². The van der Waals surface area contributed by atoms with Crippen LogP contribution in [0.25, 0.3) is 0 Å². The zero-order valence-corrected chi connectivity index (χ0v) is 19.7. The van der Waals surface area contributed by atoms with E-state index in [4.69, 9.17) is 16.3 Å². The minimum Gasteiger partial charge on any atom is -0.444 e. The van der Waals surface area contributed by atoms with Gasteiger partial charge in [0.05, 0.1) is 11.1 Å². The van der Waals surface area contributed by atoms with E-state index in [0.717, 1.165) is 17.7 Å². The summed E-state index contributed by atoms with van der Waals surface area (Å²) in [5.74, 6) is 0. The summed E-state index contributed by atoms with van der Waals surface area (Å²) in [7, 11) is 0. The fraction of sp³-hybridized carbons (Fsp3) is 0.435. The number of likely N-dealkylation sites (tertiary alicyclic amines) is 1. The van der Waals surface area contributed by atoms with Crippen LogP contribution < -0.4 is 4.72 Å². The van der Waals surface area contributed by atoms with Crippen LogP contribution in [0.3, 0.4) is 0 Å². The molecule has 1 heterocycles. The van der Waals surface area contributed by atoms with Crippen LogP contribution in [0.2, 0.25) is 5.02 Å². The van der Waals surface area contributed by atoms with Crippen molar-refractivity contribution in [3.63, 3.8) is 0 Å². The van der Waals surface area contributed by atoms with Crippen molar-refractivity contribution in [1.29, 1.82) is 0 Å². The van der Waals surface area contributed by atoms with Gasteiger partial charge in [-0.15, -0.1) is 0 Å². The first-order chi connectivity index (χ1) is 14.9. The lowest BCUT2D eigenvalue weighted by atomic mass is 9.82. The van der Waals surface area contributed by atoms with Gasteiger partial charge < -0.3 is 9.64 Å². The second kappa shape index (κ2) is 9.53. The van der Waals surface area contributed by atoms with Crippen molar-refractivity contribution in [3.8, 4) is 0 Å². The maximum absolute atomic E-state index is 12.8. The van der Waals surface area contributed by atoms with Gasteiger partial charge in [0.25, 0.3) is 0 Å². The topological polar surface area (TPSA) is 41.6 Å². The van der Waals surface area contributed by atoms with Gasteiger partial charge in [-0.25, -0.2) is 9.52 Å². The summed E-state index contributed by atoms with van der Waals surface area (Å²) in [6, 6.07) is 12.5. The van der Waals surface area contributed by atoms with Crippen LogP contribution in [0.5, 0.6) is 0 Å². The van der Waals surface area contributed by atoms with Crippen LogP contribution in [0.1, 0.15) is 44.7 Å². The zero-order valence-electron chi connectivity index (χ0n) is 18.1. The fourth-order valence-electron chi connectivity index (χ4n) is 3.48. The van der Waals surface area contributed by atoms with E-state index >= 15 is 0 Å². The molecule has 0 radical (unpaired) electrons. The van der Waals surface area contributed by atoms with Gasteiger partial charge in [0, 0.05) is 23.0 Å². The van der Waals surface area contributed by atoms with Gasteiger partial charge in [-0.3, -0.25) is 0 Å². The van der Waals surface area contributed by atoms with Gasteiger partial charge in [0.2, 0.25) is 0 Å². The summed E-state index contributed by atoms with van der Waals surface area (Å²) in [6.45, 7) is 6.45. The third-order valence-electron chi connectivity index (χ3n) is 5.21. The molecular weight excluding hydrogens is 461 g/mol. The quantitative estimate of drug-likeness (QED) is 0.478. The number of amides is 1. The van der Waals surface area contributed by atoms with E-state index in [1.54, 1.807) is 4.90 Å². The Bertz CT molecular complexity index is 920. The normalized spacial score (nSPS) is 16.7. The van der Waals surface area contributed by atoms with Crippen molar-refractivity contribution < 1.29 is 22.7 Å². The lowest BCUT2D eigenvalue weighted by molar-refractivity contribution is -0.137. The average molecular weight is 487 g/mol. The number of hydrogen-bond donors (Lipinski definition) is 1. The van der Waals surface area contributed by atoms with Crippen LogP contribution in [-0.2, 0) is 16.5 Å². The number of piperidine rings is 1. The van der Waals surface area contributed by atoms with Gasteiger partial charge in [0.15, 0.2) is 0 Å². The Balaban J connectivity index is 1.75. The molecule has 9 heteroatoms. The Morgan fingerprint density at radius 2 is 1.59 bits per heavy atom. The molecule has 0 saturated carbocycles. The molecule has 0 atom stereocenters. The highest BCUT2D eigenvalue weighted by molar-refractivity contribution is 7.97. The number of alkyl halides is 3. The highest BCUT2D eigenvalue weighted by Gasteiger charge is 2.39. The number of nitrogens with one attached hydrogen (secondary N) is 1. The number of carbonyl (C=O) groups is 1. The first-order valence-corrected chi connectivity index (χ1v) is 11.4. The summed E-state index contributed by atoms with van der Waals surface area (Å²) in [4.78, 5) is 14.8. The molecule has 0 spiro atoms. The maximum atomic E-state index is 12.8. The molecule has 0 unspecified atom stereocenters. The molecule has 1 aliphatic rings. The molecule has 0 aromatic heterocycles. The second-order valence-electron chi connectivity index (χ2n) is 8.78. The van der Waals surface area contributed by atoms with Crippen molar-refractivity contribution in [2.45, 2.75) is 55.8 Å². The smallest absolute Gasteiger partial charge is 0.416 e. The number of nitrogens with zero attached hydrogens (tertiary/aromatic N) is 1. The molecule has 174 valence electrons. The first-order valence-electron chi connectivity index (χ1n) is 10.2. The third-order valence-corrected chi connectivity index (χ3v) is 6.46. The Morgan fingerprint density at radius 1 is 1.03 bits per heavy atom. The molecule has 2 aromatic rings. The van der Waals surface area contributed by atoms with Gasteiger partial charge in [-0.05, 0) is 87.5 Å². The minimum absolute atomic E-state index is 0.349. The van der Waals surface area contributed by atoms with Gasteiger partial charge in [-0.1, -0.05) is 23.7 Å². The Morgan fingerprint density at radius 3 is 2.09 bits per heavy atom. The number of benzene rings is 2. The van der Waals surface area contributed by atoms with Gasteiger partial charge in [-0.2, -0.15) is 13.2 Å². The lowest BCUT2D eigenvalue weighted by Crippen LogP contribution is -2.51. The number of rotatable bonds is 4. The van der Waals surface area contributed by atoms with Crippen LogP contribution in [0, 0.1) is 0 Å². The lowest BCUT2D eigenvalue weighted by Gasteiger charge is -2.42. The van der Waals surface area contributed by atoms with Crippen molar-refractivity contribution in [3.05, 3.63) is 64.7 Å². The van der Waals surface area contributed by atoms with E-state index in [1.165, 1.54) is 24.1 Å². The van der Waals surface area contributed by atoms with Crippen molar-refractivity contribution in [1.82, 2.24) is 9.62 Å². The Kier molecular flexibility index (Phi) is 7.37. The number of hydrogen-bond acceptors (Lipinski definition) is 4. The Labute approximate surface area is 195 Å². The van der Waals surface area contributed by atoms with E-state index in [-0.39, 0.29) is 6.09 Å². The van der Waals surface area contributed by atoms with Crippen LogP contribution in [0.4, 0.5) is 18.0 Å². The zero-order chi connectivity index (χ0) is 23.6. The van der Waals surface area contributed by atoms with Crippen LogP contribution in [-0.4, -0.2) is 29.7 Å². The first kappa shape index (κ1) is 24.7. The Hall–Kier alpha value is -1.90. The van der Waals surface area contributed by atoms with E-state index in [9.17, 15) is 18.0 Å². The maximum Gasteiger partial charge on any atom is 0.416 e. The second-order valence-corrected chi connectivity index (χ2v) is 10.1. The molecule has 1 saturated heterocycles. The summed E-state index contributed by atoms with van der Waals surface area (Å²) in [5.41, 5.74) is -0.723. The number of ether oxygens (including phenoxy) is 1. The summed E-state index contributed by atoms with van der Waals surface area (Å²) in [5, 5.41) is 0.616. The predicted octanol–water partition coefficient (Wildman–Crippen LogP) is 6.88. The van der Waals surface area contributed by atoms with Gasteiger partial charge >= 0.3 is 12.3 Å². The monoisotopic (exact) mass is 486 g/mol. The average Bonchev–Trinajstić information content (AvgIpc) is 2.71. The molecule has 1 aliphatic heterocycles. The molecule has 0 aliphatic carbocycles. The molecule has 3 rings (SSSR count). The molecule has 4 nitrogen and oxygen atoms in total. The summed E-state index contributed by atoms with van der Waals surface area (Å²) in [6.07, 6.45) is -3.49. The van der Waals surface area contributed by atoms with Gasteiger partial charge in [0.1, 0.15) is 5.60 Å². The van der Waals surface area contributed by atoms with E-state index in [0.29, 0.717) is 35.8 Å². The van der Waals surface area contributed by atoms with Crippen LogP contribution in [0.15, 0.2) is 53.4 Å². The fourth-order valence-corrected chi connectivity index (χ4v) is 4.52. The molecule has 2 aromatic carbocycles. The van der Waals surface area contributed by atoms with E-state index < -0.39 is 22.9 Å². The number of halogens is 4. The largest absolute Gasteiger partial charge is 0.444 e. The van der Waals surface area contributed by atoms with Crippen molar-refractivity contribution in [2.75, 3.05) is 13.1 Å². The molecule has 1 amide bonds. The third kappa shape index (κ3) is 6.33. The molecular formula is C23H26ClF3N2O2S. The molecule has 0 bridgehead atoms. The summed E-state index contributed by atoms with van der Waals surface area (Å²) >= 11 is 7.34. The summed E-state index contributed by atoms with van der Waals surface area (Å²) < 4.78 is 47.5. The SMILES string of the molecule is CC(C)(C)OC(=O)N1CCC(NSc2ccc(C(F)(F)F)cc2)(c2ccc(Cl)cc2)CC1. The standard InChI is InChI=1S/C23H26ClF3N2O2S/c1-21(2,3)31-20(30)29-14-12-22(13-15-29,16-4-8-18(24)9-5-16)28-32-19-10-6-17(7-11-19)23(25,26)27/h4-11,28H,12-15H2,1-3H3.